The summed E-state index contributed by atoms with van der Waals surface area (Å²) in [6.07, 6.45) is 0.634. The molecule has 0 saturated carbocycles. The van der Waals surface area contributed by atoms with Gasteiger partial charge in [-0.25, -0.2) is 13.4 Å². The van der Waals surface area contributed by atoms with Gasteiger partial charge in [0, 0.05) is 35.9 Å². The fourth-order valence-corrected chi connectivity index (χ4v) is 7.19. The second-order valence-corrected chi connectivity index (χ2v) is 11.8. The number of furan rings is 1. The lowest BCUT2D eigenvalue weighted by molar-refractivity contribution is 0.196. The molecule has 4 heterocycles. The summed E-state index contributed by atoms with van der Waals surface area (Å²) in [6, 6.07) is 3.36. The fourth-order valence-electron chi connectivity index (χ4n) is 3.73. The number of likely N-dealkylation sites (N-methyl/N-ethyl adjacent to an activating group) is 1. The molecule has 3 aromatic heterocycles. The topological polar surface area (TPSA) is 150 Å². The standard InChI is InChI=1S/C20H28N6O5S3/c1-4-14(16-7-6-13(3)31-16)21-18-19(24-33(28)23-18)22-15-12-32-20(17(15)27)34(29,30)26-10-8-25(5-2)9-11-26/h6-7,12,14,27H,4-5,8-11H2,1-3H3,(H,21,23)(H,22,24)/t14-,33?/m1/s1. The number of H-pyrrole nitrogens is 1. The third-order valence-electron chi connectivity index (χ3n) is 5.68. The van der Waals surface area contributed by atoms with Crippen LogP contribution in [-0.2, 0) is 10.0 Å². The van der Waals surface area contributed by atoms with E-state index in [9.17, 15) is 18.1 Å². The number of rotatable bonds is 8. The molecule has 0 spiro atoms. The fraction of sp³-hybridized carbons (Fsp3) is 0.500. The Labute approximate surface area is 204 Å². The monoisotopic (exact) mass is 528 g/mol. The van der Waals surface area contributed by atoms with E-state index in [1.54, 1.807) is 0 Å². The Hall–Kier alpha value is -2.23. The van der Waals surface area contributed by atoms with Crippen molar-refractivity contribution in [3.05, 3.63) is 34.5 Å². The summed E-state index contributed by atoms with van der Waals surface area (Å²) in [4.78, 5) is 6.77. The van der Waals surface area contributed by atoms with E-state index in [1.807, 2.05) is 32.9 Å². The van der Waals surface area contributed by atoms with Gasteiger partial charge < -0.3 is 24.3 Å². The molecular weight excluding hydrogens is 500 g/mol. The Kier molecular flexibility index (Phi) is 7.45. The molecule has 3 N–H and O–H groups in total. The van der Waals surface area contributed by atoms with E-state index < -0.39 is 26.9 Å². The first-order chi connectivity index (χ1) is 16.2. The zero-order valence-electron chi connectivity index (χ0n) is 19.1. The number of nitrogens with zero attached hydrogens (tertiary/aromatic N) is 4. The number of anilines is 2. The number of hydrogen-bond acceptors (Lipinski definition) is 10. The quantitative estimate of drug-likeness (QED) is 0.378. The minimum atomic E-state index is -3.84. The maximum absolute atomic E-state index is 13.1. The molecule has 1 unspecified atom stereocenters. The van der Waals surface area contributed by atoms with Crippen LogP contribution in [0.4, 0.5) is 11.5 Å². The zero-order chi connectivity index (χ0) is 24.5. The summed E-state index contributed by atoms with van der Waals surface area (Å²) < 4.78 is 51.9. The number of nitrogens with one attached hydrogen (secondary N) is 2. The van der Waals surface area contributed by atoms with Crippen LogP contribution in [0.15, 0.2) is 31.1 Å². The Bertz CT molecular complexity index is 1300. The molecule has 1 aliphatic rings. The smallest absolute Gasteiger partial charge is 0.256 e. The van der Waals surface area contributed by atoms with Crippen molar-refractivity contribution in [2.24, 2.45) is 4.99 Å². The van der Waals surface area contributed by atoms with Crippen molar-refractivity contribution in [2.45, 2.75) is 37.4 Å². The largest absolute Gasteiger partial charge is 0.548 e. The molecule has 0 amide bonds. The summed E-state index contributed by atoms with van der Waals surface area (Å²) in [7, 11) is -3.84. The van der Waals surface area contributed by atoms with Crippen LogP contribution in [0.1, 0.15) is 37.8 Å². The van der Waals surface area contributed by atoms with Gasteiger partial charge in [-0.2, -0.15) is 4.31 Å². The molecule has 2 atom stereocenters. The van der Waals surface area contributed by atoms with Crippen molar-refractivity contribution in [1.82, 2.24) is 18.0 Å². The highest BCUT2D eigenvalue weighted by Crippen LogP contribution is 2.40. The Balaban J connectivity index is 1.59. The molecule has 34 heavy (non-hydrogen) atoms. The number of sulfonamides is 1. The van der Waals surface area contributed by atoms with Crippen molar-refractivity contribution in [3.8, 4) is 5.75 Å². The van der Waals surface area contributed by atoms with Crippen LogP contribution in [0, 0.1) is 6.92 Å². The second-order valence-electron chi connectivity index (χ2n) is 7.89. The highest BCUT2D eigenvalue weighted by atomic mass is 32.2. The molecule has 0 bridgehead atoms. The number of aromatic amines is 1. The summed E-state index contributed by atoms with van der Waals surface area (Å²) in [5, 5.41) is 15.1. The Morgan fingerprint density at radius 2 is 2.09 bits per heavy atom. The van der Waals surface area contributed by atoms with Crippen molar-refractivity contribution < 1.29 is 22.5 Å². The predicted molar refractivity (Wildman–Crippen MR) is 129 cm³/mol. The molecule has 1 saturated heterocycles. The van der Waals surface area contributed by atoms with Gasteiger partial charge in [-0.3, -0.25) is 0 Å². The Morgan fingerprint density at radius 3 is 2.71 bits per heavy atom. The molecule has 1 fully saturated rings. The summed E-state index contributed by atoms with van der Waals surface area (Å²) in [6.45, 7) is 8.73. The van der Waals surface area contributed by atoms with Gasteiger partial charge in [-0.05, 0) is 32.0 Å². The average molecular weight is 529 g/mol. The average Bonchev–Trinajstić information content (AvgIpc) is 3.51. The maximum atomic E-state index is 13.1. The minimum absolute atomic E-state index is 0.136. The van der Waals surface area contributed by atoms with Gasteiger partial charge in [0.15, 0.2) is 21.1 Å². The molecule has 0 aliphatic carbocycles. The van der Waals surface area contributed by atoms with Gasteiger partial charge in [-0.1, -0.05) is 13.8 Å². The predicted octanol–water partition coefficient (Wildman–Crippen LogP) is 2.93. The second kappa shape index (κ2) is 10.2. The van der Waals surface area contributed by atoms with Gasteiger partial charge in [-0.15, -0.1) is 15.7 Å². The first-order valence-electron chi connectivity index (χ1n) is 10.9. The first-order valence-corrected chi connectivity index (χ1v) is 14.4. The van der Waals surface area contributed by atoms with Crippen molar-refractivity contribution >= 4 is 44.0 Å². The van der Waals surface area contributed by atoms with Gasteiger partial charge in [0.2, 0.25) is 11.3 Å². The highest BCUT2D eigenvalue weighted by Gasteiger charge is 2.33. The first kappa shape index (κ1) is 24.9. The van der Waals surface area contributed by atoms with Crippen molar-refractivity contribution in [2.75, 3.05) is 38.0 Å². The molecule has 0 radical (unpaired) electrons. The van der Waals surface area contributed by atoms with Gasteiger partial charge in [0.1, 0.15) is 17.6 Å². The number of aromatic hydroxyl groups is 1. The van der Waals surface area contributed by atoms with Crippen molar-refractivity contribution in [3.63, 3.8) is 0 Å². The van der Waals surface area contributed by atoms with E-state index in [0.29, 0.717) is 38.4 Å². The van der Waals surface area contributed by atoms with Gasteiger partial charge in [0.25, 0.3) is 10.0 Å². The van der Waals surface area contributed by atoms with Crippen LogP contribution in [0.25, 0.3) is 0 Å². The van der Waals surface area contributed by atoms with Gasteiger partial charge in [0.05, 0.1) is 5.69 Å². The number of hydrogen-bond donors (Lipinski definition) is 3. The number of aryl methyl sites for hydroxylation is 1. The van der Waals surface area contributed by atoms with Crippen LogP contribution in [-0.4, -0.2) is 68.8 Å². The van der Waals surface area contributed by atoms with E-state index >= 15 is 0 Å². The van der Waals surface area contributed by atoms with E-state index in [0.717, 1.165) is 23.6 Å². The lowest BCUT2D eigenvalue weighted by Crippen LogP contribution is -2.48. The summed E-state index contributed by atoms with van der Waals surface area (Å²) >= 11 is -0.822. The molecule has 11 nitrogen and oxygen atoms in total. The number of thiophene rings is 1. The van der Waals surface area contributed by atoms with Crippen LogP contribution in [0.2, 0.25) is 0 Å². The number of piperazine rings is 1. The lowest BCUT2D eigenvalue weighted by Gasteiger charge is -2.32. The van der Waals surface area contributed by atoms with Crippen LogP contribution >= 0.6 is 22.5 Å². The molecule has 4 rings (SSSR count). The Morgan fingerprint density at radius 1 is 1.35 bits per heavy atom. The normalized spacial score (nSPS) is 17.9. The molecule has 3 aromatic rings. The van der Waals surface area contributed by atoms with Gasteiger partial charge >= 0.3 is 0 Å². The molecule has 14 heteroatoms. The zero-order valence-corrected chi connectivity index (χ0v) is 21.6. The minimum Gasteiger partial charge on any atom is -0.548 e. The molecule has 186 valence electrons. The molecule has 0 aromatic carbocycles. The third-order valence-corrected chi connectivity index (χ3v) is 9.79. The van der Waals surface area contributed by atoms with Crippen LogP contribution < -0.4 is 10.8 Å². The van der Waals surface area contributed by atoms with Crippen molar-refractivity contribution in [1.29, 1.82) is 0 Å². The SMILES string of the molecule is CC[C@@H](N=c1[nH][s+]([O-])nc1Nc1csc(S(=O)(=O)N2CCN(CC)CC2)c1O)c1ccc(C)o1. The molecule has 1 aliphatic heterocycles. The number of aromatic nitrogens is 2. The lowest BCUT2D eigenvalue weighted by atomic mass is 10.2. The van der Waals surface area contributed by atoms with E-state index in [-0.39, 0.29) is 27.2 Å². The van der Waals surface area contributed by atoms with Crippen LogP contribution in [0.5, 0.6) is 5.75 Å². The van der Waals surface area contributed by atoms with E-state index in [2.05, 4.69) is 24.0 Å². The molecular formula is C20H28N6O5S3. The third kappa shape index (κ3) is 5.06. The van der Waals surface area contributed by atoms with Crippen LogP contribution in [0.3, 0.4) is 0 Å². The highest BCUT2D eigenvalue weighted by molar-refractivity contribution is 7.91. The maximum Gasteiger partial charge on any atom is 0.256 e. The summed E-state index contributed by atoms with van der Waals surface area (Å²) in [5.41, 5.74) is 0.398. The van der Waals surface area contributed by atoms with E-state index in [1.165, 1.54) is 9.69 Å². The van der Waals surface area contributed by atoms with E-state index in [4.69, 9.17) is 4.42 Å². The summed E-state index contributed by atoms with van der Waals surface area (Å²) in [5.74, 6) is 1.18.